The molecule has 10 N–H and O–H groups in total. The van der Waals surface area contributed by atoms with E-state index >= 15 is 0 Å². The van der Waals surface area contributed by atoms with Gasteiger partial charge < -0.3 is 57.6 Å². The first-order valence-electron chi connectivity index (χ1n) is 22.1. The van der Waals surface area contributed by atoms with Crippen LogP contribution in [0.1, 0.15) is 72.9 Å². The zero-order valence-corrected chi connectivity index (χ0v) is 39.2. The summed E-state index contributed by atoms with van der Waals surface area (Å²) in [5.41, 5.74) is 22.5. The maximum absolute atomic E-state index is 14.8. The molecule has 4 unspecified atom stereocenters. The zero-order chi connectivity index (χ0) is 49.0. The van der Waals surface area contributed by atoms with Crippen molar-refractivity contribution in [1.29, 1.82) is 5.26 Å². The number of nitrogens with one attached hydrogen (secondary N) is 4. The summed E-state index contributed by atoms with van der Waals surface area (Å²) < 4.78 is 17.9. The lowest BCUT2D eigenvalue weighted by Gasteiger charge is -2.32. The summed E-state index contributed by atoms with van der Waals surface area (Å²) in [7, 11) is 2.90. The minimum atomic E-state index is -1.41. The fourth-order valence-electron chi connectivity index (χ4n) is 7.67. The minimum Gasteiger partial charge on any atom is -0.494 e. The molecular formula is C49H62N10O8. The van der Waals surface area contributed by atoms with Gasteiger partial charge in [0.1, 0.15) is 66.9 Å². The van der Waals surface area contributed by atoms with E-state index in [4.69, 9.17) is 36.4 Å². The van der Waals surface area contributed by atoms with E-state index in [1.165, 1.54) is 26.0 Å². The predicted octanol–water partition coefficient (Wildman–Crippen LogP) is 2.54. The third-order valence-corrected chi connectivity index (χ3v) is 11.3. The Hall–Kier alpha value is -7.07. The van der Waals surface area contributed by atoms with E-state index in [0.717, 1.165) is 11.1 Å². The van der Waals surface area contributed by atoms with E-state index in [-0.39, 0.29) is 63.2 Å². The second-order valence-corrected chi connectivity index (χ2v) is 17.2. The Morgan fingerprint density at radius 3 is 2.13 bits per heavy atom. The van der Waals surface area contributed by atoms with Gasteiger partial charge in [0.15, 0.2) is 0 Å². The Kier molecular flexibility index (Phi) is 17.4. The number of carbonyl (C=O) groups is 5. The third-order valence-electron chi connectivity index (χ3n) is 11.3. The largest absolute Gasteiger partial charge is 0.494 e. The number of aryl methyl sites for hydroxylation is 1. The molecule has 67 heavy (non-hydrogen) atoms. The summed E-state index contributed by atoms with van der Waals surface area (Å²) in [6.45, 7) is 9.84. The molecule has 1 aliphatic heterocycles. The Labute approximate surface area is 391 Å². The van der Waals surface area contributed by atoms with Gasteiger partial charge in [0, 0.05) is 43.2 Å². The molecule has 3 aromatic carbocycles. The van der Waals surface area contributed by atoms with E-state index in [2.05, 4.69) is 42.0 Å². The molecule has 5 amide bonds. The summed E-state index contributed by atoms with van der Waals surface area (Å²) >= 11 is 0. The van der Waals surface area contributed by atoms with Gasteiger partial charge in [-0.2, -0.15) is 5.26 Å². The van der Waals surface area contributed by atoms with Crippen LogP contribution in [0, 0.1) is 18.3 Å². The zero-order valence-electron chi connectivity index (χ0n) is 39.2. The summed E-state index contributed by atoms with van der Waals surface area (Å²) in [6, 6.07) is 16.5. The number of nitrogens with two attached hydrogens (primary N) is 3. The molecule has 5 rings (SSSR count). The number of ether oxygens (including phenoxy) is 3. The number of hydrogen-bond acceptors (Lipinski definition) is 13. The number of amides is 5. The summed E-state index contributed by atoms with van der Waals surface area (Å²) in [5, 5.41) is 19.9. The number of benzene rings is 3. The number of carbonyl (C=O) groups excluding carboxylic acids is 5. The van der Waals surface area contributed by atoms with Crippen LogP contribution in [-0.4, -0.2) is 111 Å². The van der Waals surface area contributed by atoms with Crippen LogP contribution >= 0.6 is 0 Å². The number of pyridine rings is 1. The molecule has 4 atom stereocenters. The first-order chi connectivity index (χ1) is 31.9. The third kappa shape index (κ3) is 12.4. The number of likely N-dealkylation sites (N-methyl/N-ethyl adjacent to an activating group) is 1. The summed E-state index contributed by atoms with van der Waals surface area (Å²) in [5.74, 6) is -2.27. The molecule has 0 radical (unpaired) electrons. The number of nitriles is 1. The average Bonchev–Trinajstić information content (AvgIpc) is 3.30. The quantitative estimate of drug-likeness (QED) is 0.0797. The van der Waals surface area contributed by atoms with E-state index < -0.39 is 53.7 Å². The average molecular weight is 919 g/mol. The first kappa shape index (κ1) is 50.9. The number of rotatable bonds is 16. The molecule has 0 saturated carbocycles. The monoisotopic (exact) mass is 918 g/mol. The molecule has 356 valence electrons. The van der Waals surface area contributed by atoms with Crippen molar-refractivity contribution in [3.63, 3.8) is 0 Å². The fraction of sp³-hybridized carbons (Fsp3) is 0.408. The standard InChI is InChI=1S/C49H62N10O8/c1-28-34(27-41(65-7)42(55-28)31-9-12-33(13-10-31)49(3,4)5)45(61)57-37(16-17-50)48(64)59(6)43-32-11-15-40(67-23-20-53)36(26-32)35-24-30(8-14-39(35)66-22-19-52)25-38(46(62)54-21-18-51)58-44(60)29(2)56-47(43)63/h8-15,24,26-27,29,37-38,43H,16-17,19-23,25,50,52-53H2,1-7H3,(H,54,62)(H,56,63)(H,57,61)(H,58,60). The lowest BCUT2D eigenvalue weighted by molar-refractivity contribution is -0.141. The number of aromatic nitrogens is 1. The lowest BCUT2D eigenvalue weighted by atomic mass is 9.86. The Morgan fingerprint density at radius 1 is 0.896 bits per heavy atom. The van der Waals surface area contributed by atoms with Crippen molar-refractivity contribution in [2.75, 3.05) is 53.6 Å². The molecule has 18 nitrogen and oxygen atoms in total. The van der Waals surface area contributed by atoms with Crippen molar-refractivity contribution in [3.05, 3.63) is 94.7 Å². The van der Waals surface area contributed by atoms with Crippen molar-refractivity contribution >= 4 is 29.5 Å². The van der Waals surface area contributed by atoms with E-state index in [1.807, 2.05) is 30.3 Å². The molecule has 0 fully saturated rings. The van der Waals surface area contributed by atoms with Crippen LogP contribution < -0.4 is 52.7 Å². The van der Waals surface area contributed by atoms with Gasteiger partial charge in [-0.05, 0) is 79.3 Å². The maximum Gasteiger partial charge on any atom is 0.253 e. The predicted molar refractivity (Wildman–Crippen MR) is 253 cm³/mol. The van der Waals surface area contributed by atoms with E-state index in [9.17, 15) is 29.2 Å². The van der Waals surface area contributed by atoms with Crippen LogP contribution in [0.25, 0.3) is 22.4 Å². The highest BCUT2D eigenvalue weighted by Gasteiger charge is 2.36. The number of hydrogen-bond donors (Lipinski definition) is 7. The molecule has 1 aromatic heterocycles. The van der Waals surface area contributed by atoms with Gasteiger partial charge in [-0.3, -0.25) is 24.0 Å². The molecule has 1 aliphatic rings. The van der Waals surface area contributed by atoms with Crippen LogP contribution in [0.4, 0.5) is 0 Å². The van der Waals surface area contributed by atoms with Crippen LogP contribution in [0.15, 0.2) is 66.7 Å². The molecule has 18 heteroatoms. The van der Waals surface area contributed by atoms with E-state index in [0.29, 0.717) is 50.9 Å². The molecule has 4 bridgehead atoms. The van der Waals surface area contributed by atoms with Crippen LogP contribution in [0.2, 0.25) is 0 Å². The van der Waals surface area contributed by atoms with Gasteiger partial charge in [-0.25, -0.2) is 4.98 Å². The van der Waals surface area contributed by atoms with Crippen molar-refractivity contribution in [3.8, 4) is 45.7 Å². The van der Waals surface area contributed by atoms with Crippen LogP contribution in [-0.2, 0) is 31.0 Å². The SMILES string of the molecule is COc1cc(C(=O)NC(CCN)C(=O)N(C)C2C(=O)NC(C)C(=O)NC(C(=O)NCC#N)Cc3ccc(OCCN)c(c3)-c3cc2ccc3OCCN)c(C)nc1-c1ccc(C(C)(C)C)cc1. The fourth-order valence-corrected chi connectivity index (χ4v) is 7.67. The van der Waals surface area contributed by atoms with Gasteiger partial charge in [0.2, 0.25) is 23.6 Å². The molecule has 4 aromatic rings. The summed E-state index contributed by atoms with van der Waals surface area (Å²) in [4.78, 5) is 76.6. The molecule has 0 aliphatic carbocycles. The van der Waals surface area contributed by atoms with E-state index in [1.54, 1.807) is 49.4 Å². The second-order valence-electron chi connectivity index (χ2n) is 17.2. The van der Waals surface area contributed by atoms with Gasteiger partial charge in [-0.1, -0.05) is 57.2 Å². The number of nitrogens with zero attached hydrogens (tertiary/aromatic N) is 3. The molecule has 0 spiro atoms. The van der Waals surface area contributed by atoms with Crippen molar-refractivity contribution in [1.82, 2.24) is 31.2 Å². The van der Waals surface area contributed by atoms with Gasteiger partial charge in [0.25, 0.3) is 5.91 Å². The lowest BCUT2D eigenvalue weighted by Crippen LogP contribution is -2.56. The molecule has 2 heterocycles. The highest BCUT2D eigenvalue weighted by atomic mass is 16.5. The Morgan fingerprint density at radius 2 is 1.54 bits per heavy atom. The van der Waals surface area contributed by atoms with Gasteiger partial charge in [0.05, 0.1) is 24.4 Å². The summed E-state index contributed by atoms with van der Waals surface area (Å²) in [6.07, 6.45) is -0.0104. The number of fused-ring (bicyclic) bond motifs is 5. The first-order valence-corrected chi connectivity index (χ1v) is 22.1. The highest BCUT2D eigenvalue weighted by molar-refractivity contribution is 6.00. The normalized spacial score (nSPS) is 16.5. The van der Waals surface area contributed by atoms with Crippen LogP contribution in [0.5, 0.6) is 17.2 Å². The Bertz CT molecular complexity index is 2480. The molecule has 0 saturated heterocycles. The van der Waals surface area contributed by atoms with Crippen molar-refractivity contribution in [2.45, 2.75) is 77.0 Å². The minimum absolute atomic E-state index is 0.00139. The van der Waals surface area contributed by atoms with Gasteiger partial charge in [-0.15, -0.1) is 0 Å². The Balaban J connectivity index is 1.58. The van der Waals surface area contributed by atoms with Gasteiger partial charge >= 0.3 is 0 Å². The number of methoxy groups -OCH3 is 1. The smallest absolute Gasteiger partial charge is 0.253 e. The molecular weight excluding hydrogens is 857 g/mol. The highest BCUT2D eigenvalue weighted by Crippen LogP contribution is 2.40. The van der Waals surface area contributed by atoms with Crippen molar-refractivity contribution < 1.29 is 38.2 Å². The second kappa shape index (κ2) is 22.9. The topological polar surface area (TPSA) is 279 Å². The van der Waals surface area contributed by atoms with Crippen LogP contribution in [0.3, 0.4) is 0 Å². The van der Waals surface area contributed by atoms with Crippen molar-refractivity contribution in [2.24, 2.45) is 17.2 Å². The maximum atomic E-state index is 14.8.